The summed E-state index contributed by atoms with van der Waals surface area (Å²) in [7, 11) is 0. The molecule has 35 heavy (non-hydrogen) atoms. The molecule has 0 aromatic carbocycles. The van der Waals surface area contributed by atoms with Crippen molar-refractivity contribution in [3.05, 3.63) is 34.8 Å². The minimum atomic E-state index is -0.0129. The van der Waals surface area contributed by atoms with Crippen LogP contribution in [0.25, 0.3) is 0 Å². The van der Waals surface area contributed by atoms with Gasteiger partial charge in [-0.15, -0.1) is 0 Å². The molecule has 0 N–H and O–H groups in total. The first-order valence-corrected chi connectivity index (χ1v) is 15.4. The molecular weight excluding hydrogens is 511 g/mol. The van der Waals surface area contributed by atoms with Crippen molar-refractivity contribution in [2.75, 3.05) is 13.2 Å². The van der Waals surface area contributed by atoms with Gasteiger partial charge in [0, 0.05) is 0 Å². The summed E-state index contributed by atoms with van der Waals surface area (Å²) in [6.07, 6.45) is 19.9. The van der Waals surface area contributed by atoms with Gasteiger partial charge in [0.1, 0.15) is 0 Å². The maximum Gasteiger partial charge on any atom is -1.00 e. The van der Waals surface area contributed by atoms with Gasteiger partial charge in [-0.05, 0) is 0 Å². The van der Waals surface area contributed by atoms with Crippen molar-refractivity contribution in [2.24, 2.45) is 0 Å². The summed E-state index contributed by atoms with van der Waals surface area (Å²) in [4.78, 5) is 0. The molecule has 5 heteroatoms. The molecule has 2 unspecified atom stereocenters. The van der Waals surface area contributed by atoms with Crippen LogP contribution in [0.2, 0.25) is 8.45 Å². The molecule has 0 saturated heterocycles. The fourth-order valence-corrected chi connectivity index (χ4v) is 7.36. The molecule has 0 aliphatic heterocycles. The molecule has 0 amide bonds. The summed E-state index contributed by atoms with van der Waals surface area (Å²) >= 11 is -0.0129. The molecule has 2 aliphatic carbocycles. The molecule has 0 heterocycles. The minimum absolute atomic E-state index is 0. The molecule has 0 bridgehead atoms. The molecule has 0 aromatic rings. The summed E-state index contributed by atoms with van der Waals surface area (Å²) in [6, 6.07) is 0. The first-order valence-electron chi connectivity index (χ1n) is 13.6. The fraction of sp³-hybridized carbons (Fsp3) is 0.800. The van der Waals surface area contributed by atoms with E-state index in [0.717, 1.165) is 21.7 Å². The van der Waals surface area contributed by atoms with Gasteiger partial charge in [0.15, 0.2) is 0 Å². The van der Waals surface area contributed by atoms with Gasteiger partial charge in [-0.1, -0.05) is 0 Å². The zero-order chi connectivity index (χ0) is 24.2. The third-order valence-corrected chi connectivity index (χ3v) is 9.36. The maximum atomic E-state index is 5.84. The van der Waals surface area contributed by atoms with Crippen LogP contribution in [0, 0.1) is 0 Å². The number of rotatable bonds is 16. The standard InChI is InChI=1S/2C15H25O.2ClH.Ti/c2*1-15(2,3)16-13-9-5-4-6-10-14-11-7-8-12-14;;;/h2*7,12H,4-6,8-10,13H2,1-3H3;2*1H;/q;;;;+2/p-2. The smallest absolute Gasteiger partial charge is 1.00 e. The molecule has 0 fully saturated rings. The predicted octanol–water partition coefficient (Wildman–Crippen LogP) is 3.16. The Hall–Kier alpha value is 0.254. The van der Waals surface area contributed by atoms with E-state index in [1.807, 2.05) is 0 Å². The van der Waals surface area contributed by atoms with Crippen LogP contribution in [0.4, 0.5) is 0 Å². The van der Waals surface area contributed by atoms with Gasteiger partial charge in [0.05, 0.1) is 0 Å². The minimum Gasteiger partial charge on any atom is -1.00 e. The molecule has 0 radical (unpaired) electrons. The number of unbranched alkanes of at least 4 members (excludes halogenated alkanes) is 6. The number of ether oxygens (including phenoxy) is 2. The van der Waals surface area contributed by atoms with E-state index in [4.69, 9.17) is 9.47 Å². The zero-order valence-corrected chi connectivity index (χ0v) is 26.4. The van der Waals surface area contributed by atoms with Crippen LogP contribution >= 0.6 is 0 Å². The number of hydrogen-bond acceptors (Lipinski definition) is 2. The molecule has 2 aliphatic rings. The summed E-state index contributed by atoms with van der Waals surface area (Å²) < 4.78 is 13.4. The van der Waals surface area contributed by atoms with Crippen molar-refractivity contribution < 1.29 is 53.4 Å². The van der Waals surface area contributed by atoms with Crippen LogP contribution in [0.5, 0.6) is 0 Å². The van der Waals surface area contributed by atoms with E-state index in [-0.39, 0.29) is 55.2 Å². The third kappa shape index (κ3) is 16.7. The third-order valence-electron chi connectivity index (χ3n) is 6.28. The molecule has 200 valence electrons. The van der Waals surface area contributed by atoms with Gasteiger partial charge in [-0.25, -0.2) is 0 Å². The van der Waals surface area contributed by atoms with Crippen molar-refractivity contribution in [3.8, 4) is 0 Å². The molecule has 0 spiro atoms. The molecule has 0 saturated carbocycles. The number of hydrogen-bond donors (Lipinski definition) is 0. The van der Waals surface area contributed by atoms with E-state index in [1.165, 1.54) is 77.0 Å². The van der Waals surface area contributed by atoms with E-state index in [2.05, 4.69) is 65.2 Å². The molecule has 2 rings (SSSR count). The van der Waals surface area contributed by atoms with E-state index < -0.39 is 0 Å². The van der Waals surface area contributed by atoms with Crippen molar-refractivity contribution in [2.45, 2.75) is 138 Å². The van der Waals surface area contributed by atoms with Crippen molar-refractivity contribution >= 4 is 0 Å². The average Bonchev–Trinajstić information content (AvgIpc) is 3.34. The fourth-order valence-electron chi connectivity index (χ4n) is 4.47. The second-order valence-electron chi connectivity index (χ2n) is 11.7. The van der Waals surface area contributed by atoms with Crippen LogP contribution in [-0.2, 0) is 28.6 Å². The molecule has 2 atom stereocenters. The van der Waals surface area contributed by atoms with Crippen molar-refractivity contribution in [1.29, 1.82) is 0 Å². The Kier molecular flexibility index (Phi) is 18.6. The van der Waals surface area contributed by atoms with E-state index in [0.29, 0.717) is 0 Å². The summed E-state index contributed by atoms with van der Waals surface area (Å²) in [6.45, 7) is 14.6. The Morgan fingerprint density at radius 2 is 1.03 bits per heavy atom. The van der Waals surface area contributed by atoms with Gasteiger partial charge in [0.25, 0.3) is 0 Å². The monoisotopic (exact) mass is 560 g/mol. The van der Waals surface area contributed by atoms with Crippen LogP contribution in [-0.4, -0.2) is 24.4 Å². The van der Waals surface area contributed by atoms with Crippen molar-refractivity contribution in [3.63, 3.8) is 0 Å². The second kappa shape index (κ2) is 18.5. The largest absolute Gasteiger partial charge is 1.00 e. The Labute approximate surface area is 238 Å². The van der Waals surface area contributed by atoms with Gasteiger partial charge in [-0.3, -0.25) is 0 Å². The van der Waals surface area contributed by atoms with E-state index in [1.54, 1.807) is 11.1 Å². The van der Waals surface area contributed by atoms with Crippen LogP contribution in [0.15, 0.2) is 34.8 Å². The Morgan fingerprint density at radius 1 is 0.657 bits per heavy atom. The van der Waals surface area contributed by atoms with Crippen LogP contribution in [0.3, 0.4) is 0 Å². The zero-order valence-electron chi connectivity index (χ0n) is 23.3. The topological polar surface area (TPSA) is 18.5 Å². The Balaban J connectivity index is 0.00000578. The number of halogens is 2. The van der Waals surface area contributed by atoms with Gasteiger partial charge >= 0.3 is 215 Å². The summed E-state index contributed by atoms with van der Waals surface area (Å²) in [5, 5.41) is 0. The molecule has 2 nitrogen and oxygen atoms in total. The van der Waals surface area contributed by atoms with Crippen molar-refractivity contribution in [1.82, 2.24) is 0 Å². The summed E-state index contributed by atoms with van der Waals surface area (Å²) in [5.41, 5.74) is 10.6. The summed E-state index contributed by atoms with van der Waals surface area (Å²) in [5.74, 6) is 0. The maximum absolute atomic E-state index is 5.84. The Bertz CT molecular complexity index is 645. The first kappa shape index (κ1) is 35.3. The quantitative estimate of drug-likeness (QED) is 0.164. The predicted molar refractivity (Wildman–Crippen MR) is 138 cm³/mol. The molecular formula is C30H50Cl2O2Ti. The normalized spacial score (nSPS) is 19.1. The second-order valence-corrected chi connectivity index (χ2v) is 14.4. The van der Waals surface area contributed by atoms with Gasteiger partial charge in [0.2, 0.25) is 0 Å². The van der Waals surface area contributed by atoms with E-state index in [9.17, 15) is 0 Å². The van der Waals surface area contributed by atoms with Crippen LogP contribution < -0.4 is 24.8 Å². The number of allylic oxidation sites excluding steroid dienone is 2. The SMILES string of the molecule is CC(C)(C)OCCCCCCC1=C=CC[CH]1[Ti+2][CH]1CC=C=C1CCCCCCOC(C)(C)C.[Cl-].[Cl-]. The Morgan fingerprint density at radius 3 is 1.40 bits per heavy atom. The van der Waals surface area contributed by atoms with Crippen LogP contribution in [0.1, 0.15) is 119 Å². The van der Waals surface area contributed by atoms with Gasteiger partial charge in [-0.2, -0.15) is 0 Å². The van der Waals surface area contributed by atoms with Gasteiger partial charge < -0.3 is 24.8 Å². The molecule has 0 aromatic heterocycles. The van der Waals surface area contributed by atoms with E-state index >= 15 is 0 Å². The first-order chi connectivity index (χ1) is 15.6. The average molecular weight is 562 g/mol.